The van der Waals surface area contributed by atoms with Gasteiger partial charge in [-0.25, -0.2) is 0 Å². The van der Waals surface area contributed by atoms with Gasteiger partial charge in [0, 0.05) is 33.9 Å². The molecule has 2 N–H and O–H groups in total. The third-order valence-corrected chi connectivity index (χ3v) is 8.25. The van der Waals surface area contributed by atoms with Gasteiger partial charge in [-0.15, -0.1) is 0 Å². The third kappa shape index (κ3) is 8.87. The van der Waals surface area contributed by atoms with Crippen LogP contribution in [0, 0.1) is 0 Å². The molecule has 6 nitrogen and oxygen atoms in total. The van der Waals surface area contributed by atoms with Gasteiger partial charge in [0.2, 0.25) is 5.43 Å². The number of aromatic hydroxyl groups is 1. The summed E-state index contributed by atoms with van der Waals surface area (Å²) in [5.41, 5.74) is 4.25. The zero-order valence-electron chi connectivity index (χ0n) is 25.3. The van der Waals surface area contributed by atoms with Gasteiger partial charge < -0.3 is 24.1 Å². The maximum Gasteiger partial charge on any atom is 0.204 e. The first-order chi connectivity index (χ1) is 20.2. The van der Waals surface area contributed by atoms with Crippen molar-refractivity contribution in [3.63, 3.8) is 0 Å². The molecule has 0 spiro atoms. The molecule has 3 rings (SSSR count). The van der Waals surface area contributed by atoms with Crippen LogP contribution in [0.1, 0.15) is 82.9 Å². The average Bonchev–Trinajstić information content (AvgIpc) is 2.94. The third-order valence-electron chi connectivity index (χ3n) is 7.13. The summed E-state index contributed by atoms with van der Waals surface area (Å²) in [6, 6.07) is 3.43. The number of phenols is 1. The number of alkyl halides is 2. The molecule has 0 aliphatic carbocycles. The summed E-state index contributed by atoms with van der Waals surface area (Å²) in [6.07, 6.45) is 10.8. The minimum Gasteiger partial charge on any atom is -0.507 e. The lowest BCUT2D eigenvalue weighted by Gasteiger charge is -2.18. The molecule has 0 fully saturated rings. The van der Waals surface area contributed by atoms with E-state index in [0.29, 0.717) is 65.2 Å². The molecule has 42 heavy (non-hydrogen) atoms. The van der Waals surface area contributed by atoms with E-state index in [4.69, 9.17) is 13.9 Å². The Labute approximate surface area is 266 Å². The van der Waals surface area contributed by atoms with Crippen molar-refractivity contribution in [2.75, 3.05) is 23.9 Å². The van der Waals surface area contributed by atoms with Crippen LogP contribution in [0.5, 0.6) is 17.2 Å². The second-order valence-corrected chi connectivity index (χ2v) is 12.6. The molecule has 1 heterocycles. The van der Waals surface area contributed by atoms with Crippen LogP contribution in [0.3, 0.4) is 0 Å². The van der Waals surface area contributed by atoms with Crippen LogP contribution < -0.4 is 14.9 Å². The van der Waals surface area contributed by atoms with Gasteiger partial charge in [0.25, 0.3) is 0 Å². The van der Waals surface area contributed by atoms with E-state index in [2.05, 4.69) is 31.9 Å². The number of allylic oxidation sites excluding steroid dienone is 4. The second kappa shape index (κ2) is 17.1. The number of aliphatic hydroxyl groups excluding tert-OH is 1. The van der Waals surface area contributed by atoms with E-state index in [-0.39, 0.29) is 28.8 Å². The number of fused-ring (bicyclic) bond motifs is 2. The van der Waals surface area contributed by atoms with E-state index in [0.717, 1.165) is 60.3 Å². The van der Waals surface area contributed by atoms with E-state index in [1.54, 1.807) is 12.1 Å². The molecular formula is C34H44Br2O6. The number of ether oxygens (including phenoxy) is 2. The summed E-state index contributed by atoms with van der Waals surface area (Å²) in [5, 5.41) is 24.4. The highest BCUT2D eigenvalue weighted by atomic mass is 79.9. The van der Waals surface area contributed by atoms with Crippen molar-refractivity contribution in [2.24, 2.45) is 0 Å². The quantitative estimate of drug-likeness (QED) is 0.0630. The summed E-state index contributed by atoms with van der Waals surface area (Å²) in [5.74, 6) is 0.900. The molecule has 0 unspecified atom stereocenters. The highest BCUT2D eigenvalue weighted by molar-refractivity contribution is 9.09. The lowest BCUT2D eigenvalue weighted by molar-refractivity contribution is 0.259. The molecule has 0 atom stereocenters. The highest BCUT2D eigenvalue weighted by Gasteiger charge is 2.23. The van der Waals surface area contributed by atoms with E-state index < -0.39 is 0 Å². The Morgan fingerprint density at radius 1 is 0.762 bits per heavy atom. The molecular weight excluding hydrogens is 664 g/mol. The van der Waals surface area contributed by atoms with Gasteiger partial charge in [0.15, 0.2) is 0 Å². The fourth-order valence-corrected chi connectivity index (χ4v) is 5.63. The Balaban J connectivity index is 2.24. The Hall–Kier alpha value is -2.29. The van der Waals surface area contributed by atoms with Crippen molar-refractivity contribution >= 4 is 53.8 Å². The molecule has 8 heteroatoms. The van der Waals surface area contributed by atoms with E-state index in [1.165, 1.54) is 0 Å². The summed E-state index contributed by atoms with van der Waals surface area (Å²) in [7, 11) is 0. The predicted molar refractivity (Wildman–Crippen MR) is 180 cm³/mol. The molecule has 0 aliphatic rings. The summed E-state index contributed by atoms with van der Waals surface area (Å²) in [4.78, 5) is 14.2. The zero-order valence-corrected chi connectivity index (χ0v) is 28.5. The molecule has 0 amide bonds. The van der Waals surface area contributed by atoms with Crippen LogP contribution in [0.15, 0.2) is 44.6 Å². The first-order valence-electron chi connectivity index (χ1n) is 14.8. The molecule has 1 aromatic heterocycles. The van der Waals surface area contributed by atoms with Crippen LogP contribution in [0.2, 0.25) is 0 Å². The predicted octanol–water partition coefficient (Wildman–Crippen LogP) is 9.05. The minimum absolute atomic E-state index is 0.122. The van der Waals surface area contributed by atoms with E-state index >= 15 is 0 Å². The highest BCUT2D eigenvalue weighted by Crippen LogP contribution is 2.39. The summed E-state index contributed by atoms with van der Waals surface area (Å²) >= 11 is 6.93. The van der Waals surface area contributed by atoms with Gasteiger partial charge in [-0.2, -0.15) is 0 Å². The number of phenolic OH excluding ortho intramolecular Hbond substituents is 1. The first-order valence-corrected chi connectivity index (χ1v) is 17.0. The number of aliphatic hydroxyl groups is 1. The van der Waals surface area contributed by atoms with Crippen molar-refractivity contribution in [1.82, 2.24) is 0 Å². The van der Waals surface area contributed by atoms with Crippen molar-refractivity contribution in [1.29, 1.82) is 0 Å². The lowest BCUT2D eigenvalue weighted by atomic mass is 9.95. The van der Waals surface area contributed by atoms with Gasteiger partial charge in [0.1, 0.15) is 33.8 Å². The fourth-order valence-electron chi connectivity index (χ4n) is 4.84. The molecule has 0 saturated carbocycles. The van der Waals surface area contributed by atoms with Gasteiger partial charge in [0.05, 0.1) is 25.2 Å². The maximum absolute atomic E-state index is 14.2. The fraction of sp³-hybridized carbons (Fsp3) is 0.500. The van der Waals surface area contributed by atoms with Gasteiger partial charge in [-0.05, 0) is 84.6 Å². The molecule has 230 valence electrons. The molecule has 0 aliphatic heterocycles. The number of unbranched alkanes of at least 4 members (excludes halogenated alkanes) is 4. The first kappa shape index (κ1) is 34.2. The van der Waals surface area contributed by atoms with Crippen molar-refractivity contribution in [2.45, 2.75) is 85.7 Å². The topological polar surface area (TPSA) is 89.1 Å². The number of benzene rings is 2. The molecule has 2 aromatic carbocycles. The zero-order chi connectivity index (χ0) is 30.6. The normalized spacial score (nSPS) is 11.2. The average molecular weight is 709 g/mol. The Bertz CT molecular complexity index is 1460. The molecule has 0 radical (unpaired) electrons. The molecule has 0 saturated heterocycles. The molecule has 3 aromatic rings. The van der Waals surface area contributed by atoms with E-state index in [9.17, 15) is 15.0 Å². The lowest BCUT2D eigenvalue weighted by Crippen LogP contribution is -2.11. The second-order valence-electron chi connectivity index (χ2n) is 11.0. The molecule has 0 bridgehead atoms. The number of hydrogen-bond donors (Lipinski definition) is 2. The van der Waals surface area contributed by atoms with Crippen LogP contribution in [-0.4, -0.2) is 34.1 Å². The summed E-state index contributed by atoms with van der Waals surface area (Å²) < 4.78 is 18.7. The van der Waals surface area contributed by atoms with Gasteiger partial charge in [-0.1, -0.05) is 55.2 Å². The SMILES string of the molecule is CC(C)=CCc1c(OCCCCCBr)cc2oc3cc(OCCCCCBr)c(CO)c(CC=C(C)C)c3c(=O)c2c1O. The Morgan fingerprint density at radius 3 is 1.76 bits per heavy atom. The van der Waals surface area contributed by atoms with Gasteiger partial charge in [-0.3, -0.25) is 4.79 Å². The smallest absolute Gasteiger partial charge is 0.204 e. The largest absolute Gasteiger partial charge is 0.507 e. The number of halogens is 2. The summed E-state index contributed by atoms with van der Waals surface area (Å²) in [6.45, 7) is 8.68. The van der Waals surface area contributed by atoms with Crippen LogP contribution in [0.25, 0.3) is 21.9 Å². The maximum atomic E-state index is 14.2. The van der Waals surface area contributed by atoms with Crippen molar-refractivity contribution in [3.8, 4) is 17.2 Å². The van der Waals surface area contributed by atoms with Crippen LogP contribution in [0.4, 0.5) is 0 Å². The van der Waals surface area contributed by atoms with Gasteiger partial charge >= 0.3 is 0 Å². The monoisotopic (exact) mass is 706 g/mol. The van der Waals surface area contributed by atoms with Crippen LogP contribution >= 0.6 is 31.9 Å². The standard InChI is InChI=1S/C34H44Br2O6/c1-22(2)11-13-24-26(21-37)28(41-18-10-6-8-16-36)20-29-31(24)34(39)32-30(42-29)19-27(40-17-9-5-7-15-35)25(33(32)38)14-12-23(3)4/h11-12,19-20,37-38H,5-10,13-18,21H2,1-4H3. The number of rotatable bonds is 17. The van der Waals surface area contributed by atoms with Crippen LogP contribution in [-0.2, 0) is 19.4 Å². The Kier molecular flexibility index (Phi) is 13.9. The Morgan fingerprint density at radius 2 is 1.26 bits per heavy atom. The van der Waals surface area contributed by atoms with Crippen molar-refractivity contribution < 1.29 is 24.1 Å². The van der Waals surface area contributed by atoms with Crippen molar-refractivity contribution in [3.05, 3.63) is 62.3 Å². The minimum atomic E-state index is -0.332. The van der Waals surface area contributed by atoms with E-state index in [1.807, 2.05) is 39.8 Å². The number of hydrogen-bond acceptors (Lipinski definition) is 6.